The normalized spacial score (nSPS) is 21.7. The van der Waals surface area contributed by atoms with Gasteiger partial charge in [0.25, 0.3) is 0 Å². The topological polar surface area (TPSA) is 59.6 Å². The third-order valence-electron chi connectivity index (χ3n) is 4.40. The van der Waals surface area contributed by atoms with Gasteiger partial charge in [0.15, 0.2) is 0 Å². The average Bonchev–Trinajstić information content (AvgIpc) is 2.54. The van der Waals surface area contributed by atoms with Gasteiger partial charge < -0.3 is 20.1 Å². The molecule has 5 nitrogen and oxygen atoms in total. The Hall–Kier alpha value is -1.46. The van der Waals surface area contributed by atoms with Crippen molar-refractivity contribution in [1.29, 1.82) is 0 Å². The van der Waals surface area contributed by atoms with Crippen LogP contribution in [-0.2, 0) is 4.79 Å². The first kappa shape index (κ1) is 19.6. The fourth-order valence-corrected chi connectivity index (χ4v) is 2.88. The Kier molecular flexibility index (Phi) is 7.16. The highest BCUT2D eigenvalue weighted by Crippen LogP contribution is 2.31. The minimum Gasteiger partial charge on any atom is -0.497 e. The second kappa shape index (κ2) is 8.41. The lowest BCUT2D eigenvalue weighted by Crippen LogP contribution is -2.49. The van der Waals surface area contributed by atoms with Crippen LogP contribution in [-0.4, -0.2) is 33.2 Å². The Balaban J connectivity index is 0.00000264. The van der Waals surface area contributed by atoms with E-state index in [1.807, 2.05) is 32.0 Å². The lowest BCUT2D eigenvalue weighted by atomic mass is 9.81. The number of hydrogen-bond donors (Lipinski definition) is 2. The monoisotopic (exact) mass is 342 g/mol. The van der Waals surface area contributed by atoms with Crippen LogP contribution in [0.5, 0.6) is 11.5 Å². The van der Waals surface area contributed by atoms with Gasteiger partial charge in [-0.3, -0.25) is 4.79 Å². The molecule has 1 aliphatic rings. The minimum absolute atomic E-state index is 0. The number of piperidine rings is 1. The second-order valence-electron chi connectivity index (χ2n) is 6.14. The number of carbonyl (C=O) groups excluding carboxylic acids is 1. The van der Waals surface area contributed by atoms with E-state index in [1.165, 1.54) is 0 Å². The smallest absolute Gasteiger partial charge is 0.227 e. The summed E-state index contributed by atoms with van der Waals surface area (Å²) in [7, 11) is 3.26. The van der Waals surface area contributed by atoms with E-state index in [0.717, 1.165) is 43.0 Å². The van der Waals surface area contributed by atoms with E-state index in [2.05, 4.69) is 10.6 Å². The summed E-state index contributed by atoms with van der Waals surface area (Å²) in [5, 5.41) is 6.42. The third-order valence-corrected chi connectivity index (χ3v) is 4.40. The molecule has 1 heterocycles. The van der Waals surface area contributed by atoms with Crippen molar-refractivity contribution in [3.63, 3.8) is 0 Å². The maximum Gasteiger partial charge on any atom is 0.227 e. The van der Waals surface area contributed by atoms with Crippen LogP contribution in [0.2, 0.25) is 0 Å². The van der Waals surface area contributed by atoms with Gasteiger partial charge in [0.2, 0.25) is 5.91 Å². The zero-order valence-electron chi connectivity index (χ0n) is 14.3. The van der Waals surface area contributed by atoms with Crippen LogP contribution in [0, 0.1) is 5.41 Å². The number of carbonyl (C=O) groups is 1. The van der Waals surface area contributed by atoms with Gasteiger partial charge in [-0.25, -0.2) is 0 Å². The zero-order chi connectivity index (χ0) is 16.2. The summed E-state index contributed by atoms with van der Waals surface area (Å²) in [6.07, 6.45) is 1.94. The van der Waals surface area contributed by atoms with Crippen molar-refractivity contribution in [3.8, 4) is 11.5 Å². The quantitative estimate of drug-likeness (QED) is 0.863. The summed E-state index contributed by atoms with van der Waals surface area (Å²) in [4.78, 5) is 12.6. The number of methoxy groups -OCH3 is 2. The molecule has 1 aliphatic heterocycles. The molecule has 1 aromatic carbocycles. The first-order valence-corrected chi connectivity index (χ1v) is 7.74. The predicted molar refractivity (Wildman–Crippen MR) is 93.6 cm³/mol. The lowest BCUT2D eigenvalue weighted by Gasteiger charge is -2.34. The van der Waals surface area contributed by atoms with Gasteiger partial charge in [-0.15, -0.1) is 12.4 Å². The number of hydrogen-bond acceptors (Lipinski definition) is 4. The Morgan fingerprint density at radius 3 is 2.65 bits per heavy atom. The predicted octanol–water partition coefficient (Wildman–Crippen LogP) is 2.69. The van der Waals surface area contributed by atoms with E-state index in [9.17, 15) is 4.79 Å². The zero-order valence-corrected chi connectivity index (χ0v) is 15.1. The van der Waals surface area contributed by atoms with Crippen LogP contribution >= 0.6 is 12.4 Å². The largest absolute Gasteiger partial charge is 0.497 e. The summed E-state index contributed by atoms with van der Waals surface area (Å²) in [6.45, 7) is 5.70. The lowest BCUT2D eigenvalue weighted by molar-refractivity contribution is -0.131. The minimum atomic E-state index is -0.349. The van der Waals surface area contributed by atoms with Crippen molar-refractivity contribution in [2.75, 3.05) is 27.3 Å². The number of halogens is 1. The maximum absolute atomic E-state index is 12.6. The van der Waals surface area contributed by atoms with E-state index in [1.54, 1.807) is 14.2 Å². The highest BCUT2D eigenvalue weighted by Gasteiger charge is 2.35. The van der Waals surface area contributed by atoms with E-state index in [-0.39, 0.29) is 29.8 Å². The molecule has 6 heteroatoms. The highest BCUT2D eigenvalue weighted by atomic mass is 35.5. The van der Waals surface area contributed by atoms with Crippen molar-refractivity contribution < 1.29 is 14.3 Å². The molecule has 2 unspecified atom stereocenters. The van der Waals surface area contributed by atoms with Crippen molar-refractivity contribution in [2.24, 2.45) is 5.41 Å². The molecule has 0 radical (unpaired) electrons. The Labute approximate surface area is 144 Å². The molecule has 1 saturated heterocycles. The number of amides is 1. The van der Waals surface area contributed by atoms with Crippen LogP contribution in [0.15, 0.2) is 18.2 Å². The standard InChI is InChI=1S/C17H26N2O3.ClH/c1-12(14-10-13(21-3)6-7-15(14)22-4)19-16(20)17(2)8-5-9-18-11-17;/h6-7,10,12,18H,5,8-9,11H2,1-4H3,(H,19,20);1H. The van der Waals surface area contributed by atoms with Gasteiger partial charge in [0.05, 0.1) is 25.7 Å². The molecule has 23 heavy (non-hydrogen) atoms. The fourth-order valence-electron chi connectivity index (χ4n) is 2.88. The summed E-state index contributed by atoms with van der Waals surface area (Å²) in [5.41, 5.74) is 0.570. The van der Waals surface area contributed by atoms with Crippen LogP contribution < -0.4 is 20.1 Å². The molecule has 1 amide bonds. The molecule has 130 valence electrons. The maximum atomic E-state index is 12.6. The summed E-state index contributed by atoms with van der Waals surface area (Å²) in [6, 6.07) is 5.48. The first-order chi connectivity index (χ1) is 10.5. The molecule has 1 aromatic rings. The van der Waals surface area contributed by atoms with Crippen LogP contribution in [0.25, 0.3) is 0 Å². The Morgan fingerprint density at radius 2 is 2.09 bits per heavy atom. The van der Waals surface area contributed by atoms with E-state index >= 15 is 0 Å². The molecule has 0 bridgehead atoms. The van der Waals surface area contributed by atoms with Gasteiger partial charge in [-0.1, -0.05) is 0 Å². The Bertz CT molecular complexity index is 531. The number of ether oxygens (including phenoxy) is 2. The molecule has 2 atom stereocenters. The van der Waals surface area contributed by atoms with Crippen molar-refractivity contribution >= 4 is 18.3 Å². The van der Waals surface area contributed by atoms with Crippen LogP contribution in [0.1, 0.15) is 38.3 Å². The molecule has 1 fully saturated rings. The molecule has 0 spiro atoms. The summed E-state index contributed by atoms with van der Waals surface area (Å²) in [5.74, 6) is 1.58. The Morgan fingerprint density at radius 1 is 1.35 bits per heavy atom. The molecular formula is C17H27ClN2O3. The van der Waals surface area contributed by atoms with Gasteiger partial charge >= 0.3 is 0 Å². The van der Waals surface area contributed by atoms with Crippen molar-refractivity contribution in [2.45, 2.75) is 32.7 Å². The number of nitrogens with one attached hydrogen (secondary N) is 2. The first-order valence-electron chi connectivity index (χ1n) is 7.74. The molecular weight excluding hydrogens is 316 g/mol. The van der Waals surface area contributed by atoms with E-state index in [0.29, 0.717) is 0 Å². The highest BCUT2D eigenvalue weighted by molar-refractivity contribution is 5.85. The molecule has 0 saturated carbocycles. The molecule has 0 aromatic heterocycles. The summed E-state index contributed by atoms with van der Waals surface area (Å²) < 4.78 is 10.7. The number of rotatable bonds is 5. The molecule has 0 aliphatic carbocycles. The van der Waals surface area contributed by atoms with Crippen molar-refractivity contribution in [1.82, 2.24) is 10.6 Å². The van der Waals surface area contributed by atoms with Gasteiger partial charge in [0, 0.05) is 12.1 Å². The fraction of sp³-hybridized carbons (Fsp3) is 0.588. The SMILES string of the molecule is COc1ccc(OC)c(C(C)NC(=O)C2(C)CCCNC2)c1.Cl. The van der Waals surface area contributed by atoms with Crippen molar-refractivity contribution in [3.05, 3.63) is 23.8 Å². The second-order valence-corrected chi connectivity index (χ2v) is 6.14. The van der Waals surface area contributed by atoms with E-state index in [4.69, 9.17) is 9.47 Å². The molecule has 2 rings (SSSR count). The van der Waals surface area contributed by atoms with Crippen LogP contribution in [0.4, 0.5) is 0 Å². The van der Waals surface area contributed by atoms with Crippen LogP contribution in [0.3, 0.4) is 0 Å². The van der Waals surface area contributed by atoms with Gasteiger partial charge in [0.1, 0.15) is 11.5 Å². The van der Waals surface area contributed by atoms with E-state index < -0.39 is 0 Å². The number of benzene rings is 1. The third kappa shape index (κ3) is 4.52. The molecule has 2 N–H and O–H groups in total. The van der Waals surface area contributed by atoms with Gasteiger partial charge in [-0.2, -0.15) is 0 Å². The van der Waals surface area contributed by atoms with Gasteiger partial charge in [-0.05, 0) is 51.4 Å². The average molecular weight is 343 g/mol. The summed E-state index contributed by atoms with van der Waals surface area (Å²) >= 11 is 0.